The maximum Gasteiger partial charge on any atom is 0.310 e. The molecule has 12 rings (SSSR count). The van der Waals surface area contributed by atoms with Gasteiger partial charge in [0.15, 0.2) is 0 Å². The molecule has 8 aromatic rings. The smallest absolute Gasteiger partial charge is 0.310 e. The van der Waals surface area contributed by atoms with Gasteiger partial charge in [0, 0.05) is 155 Å². The molecule has 4 fully saturated rings. The van der Waals surface area contributed by atoms with Crippen molar-refractivity contribution in [2.24, 2.45) is 5.73 Å². The molecule has 500 valence electrons. The Labute approximate surface area is 562 Å². The van der Waals surface area contributed by atoms with Gasteiger partial charge in [-0.2, -0.15) is 0 Å². The van der Waals surface area contributed by atoms with Gasteiger partial charge in [-0.1, -0.05) is 145 Å². The molecule has 0 amide bonds. The number of aromatic nitrogens is 4. The third-order valence-electron chi connectivity index (χ3n) is 15.8. The average Bonchev–Trinajstić information content (AvgIpc) is 0.911. The molecule has 0 bridgehead atoms. The molecule has 0 radical (unpaired) electrons. The highest BCUT2D eigenvalue weighted by atomic mass is 35.5. The number of halogens is 2. The minimum absolute atomic E-state index is 0.00353. The van der Waals surface area contributed by atoms with Crippen LogP contribution in [0.25, 0.3) is 0 Å². The van der Waals surface area contributed by atoms with Gasteiger partial charge in [-0.3, -0.25) is 20.2 Å². The van der Waals surface area contributed by atoms with Crippen molar-refractivity contribution in [1.29, 1.82) is 0 Å². The van der Waals surface area contributed by atoms with E-state index < -0.39 is 9.85 Å². The van der Waals surface area contributed by atoms with Gasteiger partial charge in [-0.25, -0.2) is 19.9 Å². The summed E-state index contributed by atoms with van der Waals surface area (Å²) in [7, 11) is 8.55. The van der Waals surface area contributed by atoms with E-state index in [9.17, 15) is 20.2 Å². The van der Waals surface area contributed by atoms with E-state index in [1.54, 1.807) is 18.5 Å². The van der Waals surface area contributed by atoms with E-state index in [0.29, 0.717) is 30.2 Å². The summed E-state index contributed by atoms with van der Waals surface area (Å²) in [5.74, 6) is 2.78. The topological polar surface area (TPSA) is 287 Å². The molecule has 4 saturated heterocycles. The van der Waals surface area contributed by atoms with Crippen molar-refractivity contribution in [1.82, 2.24) is 44.9 Å². The Hall–Kier alpha value is -8.98. The summed E-state index contributed by atoms with van der Waals surface area (Å²) in [6.07, 6.45) is 5.87. The van der Waals surface area contributed by atoms with Gasteiger partial charge in [0.05, 0.1) is 45.0 Å². The van der Waals surface area contributed by atoms with E-state index in [-0.39, 0.29) is 21.6 Å². The van der Waals surface area contributed by atoms with E-state index in [1.165, 1.54) is 42.0 Å². The van der Waals surface area contributed by atoms with Crippen LogP contribution < -0.4 is 53.2 Å². The van der Waals surface area contributed by atoms with Crippen LogP contribution in [0, 0.1) is 20.2 Å². The molecule has 0 atom stereocenters. The molecule has 4 aromatic carbocycles. The molecule has 0 aliphatic carbocycles. The number of nitrogens with two attached hydrogens (primary N) is 3. The van der Waals surface area contributed by atoms with Gasteiger partial charge in [0.25, 0.3) is 0 Å². The van der Waals surface area contributed by atoms with Crippen LogP contribution in [0.3, 0.4) is 0 Å². The van der Waals surface area contributed by atoms with Gasteiger partial charge in [-0.15, -0.1) is 0 Å². The Morgan fingerprint density at radius 1 is 0.436 bits per heavy atom. The van der Waals surface area contributed by atoms with E-state index in [2.05, 4.69) is 140 Å². The van der Waals surface area contributed by atoms with Gasteiger partial charge >= 0.3 is 11.4 Å². The Morgan fingerprint density at radius 2 is 0.755 bits per heavy atom. The molecule has 4 aliphatic rings. The molecule has 0 spiro atoms. The number of piperazine rings is 4. The van der Waals surface area contributed by atoms with Crippen molar-refractivity contribution < 1.29 is 9.85 Å². The third-order valence-corrected chi connectivity index (χ3v) is 16.3. The lowest BCUT2D eigenvalue weighted by atomic mass is 10.2. The molecule has 0 saturated carbocycles. The SMILES string of the molecule is CN1CCN(c2cc(NCc3ccccc3)c(N)cn2)CC1.CN1CCN(c2cc(NCc3ccccc3)c(N)cn2)CC1.CN1CCN(c2cc(NCc3ccccc3)c([N+](=O)[O-])cn2)CC1.CN1CCNCC1.NCc1ccccc1.O=[N+]([O-])c1cnc(Cl)cc1Cl. The molecule has 94 heavy (non-hydrogen) atoms. The van der Waals surface area contributed by atoms with E-state index in [0.717, 1.165) is 145 Å². The summed E-state index contributed by atoms with van der Waals surface area (Å²) < 4.78 is 0. The first-order valence-corrected chi connectivity index (χ1v) is 32.1. The standard InChI is InChI=1S/C17H21N5O2.2C17H23N5.C7H9N.C5H2Cl2N2O2.C5H12N2/c1-20-7-9-21(10-8-20)17-11-15(16(13-19-17)22(23)24)18-12-14-5-3-2-4-6-14;2*1-21-7-9-22(10-8-21)17-11-16(15(18)13-20-17)19-12-14-5-3-2-4-6-14;8-6-7-4-2-1-3-5-7;6-3-1-5(7)8-2-4(3)9(10)11;1-7-4-2-6-3-5-7/h2-6,11,13H,7-10,12H2,1H3,(H,18,19);2*2-6,11,13H,7-10,12,18H2,1H3,(H,19,20);1-5H,6,8H2;1-2H;6H,2-5H2,1H3. The van der Waals surface area contributed by atoms with Crippen LogP contribution in [-0.4, -0.2) is 182 Å². The maximum atomic E-state index is 11.3. The Kier molecular flexibility index (Phi) is 30.0. The molecule has 26 heteroatoms. The van der Waals surface area contributed by atoms with Crippen molar-refractivity contribution >= 4 is 80.5 Å². The molecule has 0 unspecified atom stereocenters. The van der Waals surface area contributed by atoms with Gasteiger partial charge in [0.2, 0.25) is 0 Å². The Bertz CT molecular complexity index is 3400. The first-order valence-electron chi connectivity index (χ1n) is 31.4. The van der Waals surface area contributed by atoms with Crippen LogP contribution in [0.5, 0.6) is 0 Å². The number of likely N-dealkylation sites (N-methyl/N-ethyl adjacent to an activating group) is 4. The average molecular weight is 1320 g/mol. The molecule has 24 nitrogen and oxygen atoms in total. The normalized spacial score (nSPS) is 15.1. The third kappa shape index (κ3) is 24.8. The van der Waals surface area contributed by atoms with Crippen molar-refractivity contribution in [3.05, 3.63) is 223 Å². The summed E-state index contributed by atoms with van der Waals surface area (Å²) in [6, 6.07) is 47.6. The zero-order chi connectivity index (χ0) is 67.0. The van der Waals surface area contributed by atoms with Crippen molar-refractivity contribution in [2.45, 2.75) is 26.2 Å². The van der Waals surface area contributed by atoms with Crippen molar-refractivity contribution in [2.75, 3.05) is 175 Å². The second-order valence-corrected chi connectivity index (χ2v) is 23.7. The zero-order valence-corrected chi connectivity index (χ0v) is 55.8. The summed E-state index contributed by atoms with van der Waals surface area (Å²) in [5, 5.41) is 34.9. The second-order valence-electron chi connectivity index (χ2n) is 22.9. The van der Waals surface area contributed by atoms with Gasteiger partial charge < -0.3 is 72.8 Å². The summed E-state index contributed by atoms with van der Waals surface area (Å²) in [5.41, 5.74) is 25.7. The zero-order valence-electron chi connectivity index (χ0n) is 54.2. The minimum Gasteiger partial charge on any atom is -0.396 e. The first kappa shape index (κ1) is 72.4. The number of nitrogen functional groups attached to an aromatic ring is 2. The summed E-state index contributed by atoms with van der Waals surface area (Å²) >= 11 is 10.9. The van der Waals surface area contributed by atoms with Crippen molar-refractivity contribution in [3.8, 4) is 0 Å². The minimum atomic E-state index is -0.619. The monoisotopic (exact) mass is 1320 g/mol. The number of hydrogen-bond donors (Lipinski definition) is 7. The fourth-order valence-corrected chi connectivity index (χ4v) is 10.3. The quantitative estimate of drug-likeness (QED) is 0.0286. The first-order chi connectivity index (χ1) is 45.5. The fourth-order valence-electron chi connectivity index (χ4n) is 9.87. The van der Waals surface area contributed by atoms with Crippen LogP contribution in [0.1, 0.15) is 22.3 Å². The fraction of sp³-hybridized carbons (Fsp3) is 0.353. The molecular weight excluding hydrogens is 1230 g/mol. The van der Waals surface area contributed by atoms with E-state index in [4.69, 9.17) is 40.4 Å². The number of anilines is 8. The highest BCUT2D eigenvalue weighted by molar-refractivity contribution is 6.35. The summed E-state index contributed by atoms with van der Waals surface area (Å²) in [6.45, 7) is 19.4. The number of pyridine rings is 4. The number of benzene rings is 4. The van der Waals surface area contributed by atoms with Crippen LogP contribution in [0.2, 0.25) is 10.2 Å². The number of nitrogens with one attached hydrogen (secondary N) is 4. The molecule has 4 aliphatic heterocycles. The highest BCUT2D eigenvalue weighted by Gasteiger charge is 2.22. The lowest BCUT2D eigenvalue weighted by molar-refractivity contribution is -0.385. The lowest BCUT2D eigenvalue weighted by Crippen LogP contribution is -2.44. The molecule has 4 aromatic heterocycles. The molecular formula is C68H90Cl2N20O4. The number of hydrogen-bond acceptors (Lipinski definition) is 22. The van der Waals surface area contributed by atoms with Crippen LogP contribution in [0.4, 0.5) is 57.3 Å². The van der Waals surface area contributed by atoms with Gasteiger partial charge in [0.1, 0.15) is 45.7 Å². The van der Waals surface area contributed by atoms with E-state index in [1.807, 2.05) is 97.1 Å². The predicted molar refractivity (Wildman–Crippen MR) is 384 cm³/mol. The highest BCUT2D eigenvalue weighted by Crippen LogP contribution is 2.30. The number of nitro groups is 2. The van der Waals surface area contributed by atoms with Crippen LogP contribution >= 0.6 is 23.2 Å². The van der Waals surface area contributed by atoms with Crippen LogP contribution in [-0.2, 0) is 26.2 Å². The van der Waals surface area contributed by atoms with Crippen LogP contribution in [0.15, 0.2) is 170 Å². The molecule has 8 heterocycles. The Morgan fingerprint density at radius 3 is 1.07 bits per heavy atom. The largest absolute Gasteiger partial charge is 0.396 e. The van der Waals surface area contributed by atoms with Gasteiger partial charge in [-0.05, 0) is 50.4 Å². The number of nitrogens with zero attached hydrogens (tertiary/aromatic N) is 13. The molecule has 10 N–H and O–H groups in total. The van der Waals surface area contributed by atoms with E-state index >= 15 is 0 Å². The second kappa shape index (κ2) is 38.9. The predicted octanol–water partition coefficient (Wildman–Crippen LogP) is 9.37. The maximum absolute atomic E-state index is 11.3. The summed E-state index contributed by atoms with van der Waals surface area (Å²) in [4.78, 5) is 53.2. The number of rotatable bonds is 15. The van der Waals surface area contributed by atoms with Crippen molar-refractivity contribution in [3.63, 3.8) is 0 Å². The lowest BCUT2D eigenvalue weighted by Gasteiger charge is -2.33. The Balaban J connectivity index is 0.000000168.